The fourth-order valence-electron chi connectivity index (χ4n) is 3.24. The van der Waals surface area contributed by atoms with Crippen LogP contribution in [0.3, 0.4) is 0 Å². The lowest BCUT2D eigenvalue weighted by atomic mass is 10.2. The monoisotopic (exact) mass is 536 g/mol. The van der Waals surface area contributed by atoms with Crippen molar-refractivity contribution in [2.45, 2.75) is 24.0 Å². The topological polar surface area (TPSA) is 66.5 Å². The summed E-state index contributed by atoms with van der Waals surface area (Å²) in [7, 11) is -3.96. The average Bonchev–Trinajstić information content (AvgIpc) is 2.81. The minimum absolute atomic E-state index is 0.0755. The number of thioether (sulfide) groups is 1. The maximum Gasteiger partial charge on any atom is 0.264 e. The molecule has 0 unspecified atom stereocenters. The predicted molar refractivity (Wildman–Crippen MR) is 142 cm³/mol. The van der Waals surface area contributed by atoms with Crippen LogP contribution in [-0.2, 0) is 20.6 Å². The molecule has 3 aromatic rings. The number of rotatable bonds is 11. The third-order valence-corrected chi connectivity index (χ3v) is 8.44. The second-order valence-electron chi connectivity index (χ2n) is 7.63. The maximum atomic E-state index is 13.4. The third kappa shape index (κ3) is 7.40. The number of aryl methyl sites for hydroxylation is 1. The number of hydrogen-bond acceptors (Lipinski definition) is 4. The zero-order chi connectivity index (χ0) is 24.6. The van der Waals surface area contributed by atoms with E-state index in [2.05, 4.69) is 5.32 Å². The number of amides is 1. The Morgan fingerprint density at radius 1 is 0.941 bits per heavy atom. The van der Waals surface area contributed by atoms with Crippen LogP contribution in [0, 0.1) is 6.92 Å². The van der Waals surface area contributed by atoms with Crippen LogP contribution in [0.5, 0.6) is 0 Å². The van der Waals surface area contributed by atoms with Crippen molar-refractivity contribution in [1.82, 2.24) is 5.32 Å². The van der Waals surface area contributed by atoms with Crippen molar-refractivity contribution in [3.8, 4) is 0 Å². The highest BCUT2D eigenvalue weighted by Crippen LogP contribution is 2.27. The number of sulfonamides is 1. The van der Waals surface area contributed by atoms with Gasteiger partial charge in [0.05, 0.1) is 10.6 Å². The van der Waals surface area contributed by atoms with Crippen LogP contribution in [0.4, 0.5) is 5.69 Å². The standard InChI is InChI=1S/C25H26Cl2N2O3S2/c1-19-5-2-3-6-24(19)29(34(31,32)23-13-11-22(27)12-14-23)17-25(30)28-15-4-16-33-18-20-7-9-21(26)10-8-20/h2-3,5-14H,4,15-18H2,1H3,(H,28,30). The molecule has 0 atom stereocenters. The third-order valence-electron chi connectivity index (χ3n) is 5.04. The first kappa shape index (κ1) is 26.4. The highest BCUT2D eigenvalue weighted by molar-refractivity contribution is 7.98. The lowest BCUT2D eigenvalue weighted by molar-refractivity contribution is -0.119. The second-order valence-corrected chi connectivity index (χ2v) is 11.5. The molecule has 0 spiro atoms. The van der Waals surface area contributed by atoms with E-state index in [9.17, 15) is 13.2 Å². The molecule has 9 heteroatoms. The van der Waals surface area contributed by atoms with Crippen LogP contribution < -0.4 is 9.62 Å². The van der Waals surface area contributed by atoms with E-state index in [0.717, 1.165) is 27.8 Å². The van der Waals surface area contributed by atoms with E-state index in [1.54, 1.807) is 23.9 Å². The van der Waals surface area contributed by atoms with Crippen molar-refractivity contribution in [1.29, 1.82) is 0 Å². The molecule has 3 rings (SSSR count). The molecule has 0 bridgehead atoms. The Hall–Kier alpha value is -2.19. The zero-order valence-electron chi connectivity index (χ0n) is 18.7. The zero-order valence-corrected chi connectivity index (χ0v) is 21.9. The van der Waals surface area contributed by atoms with Crippen molar-refractivity contribution < 1.29 is 13.2 Å². The highest BCUT2D eigenvalue weighted by Gasteiger charge is 2.28. The van der Waals surface area contributed by atoms with Gasteiger partial charge in [0.15, 0.2) is 0 Å². The van der Waals surface area contributed by atoms with Gasteiger partial charge in [-0.2, -0.15) is 11.8 Å². The van der Waals surface area contributed by atoms with Crippen molar-refractivity contribution in [3.63, 3.8) is 0 Å². The lowest BCUT2D eigenvalue weighted by Crippen LogP contribution is -2.41. The molecule has 1 amide bonds. The van der Waals surface area contributed by atoms with Gasteiger partial charge in [0.1, 0.15) is 6.54 Å². The molecule has 0 heterocycles. The van der Waals surface area contributed by atoms with Crippen LogP contribution in [0.2, 0.25) is 10.0 Å². The molecule has 180 valence electrons. The number of carbonyl (C=O) groups is 1. The smallest absolute Gasteiger partial charge is 0.264 e. The molecule has 0 radical (unpaired) electrons. The van der Waals surface area contributed by atoms with E-state index >= 15 is 0 Å². The van der Waals surface area contributed by atoms with E-state index in [0.29, 0.717) is 22.3 Å². The lowest BCUT2D eigenvalue weighted by Gasteiger charge is -2.25. The van der Waals surface area contributed by atoms with Gasteiger partial charge in [0, 0.05) is 22.3 Å². The van der Waals surface area contributed by atoms with Crippen molar-refractivity contribution in [2.24, 2.45) is 0 Å². The number of hydrogen-bond donors (Lipinski definition) is 1. The first-order valence-corrected chi connectivity index (χ1v) is 14.1. The van der Waals surface area contributed by atoms with Gasteiger partial charge in [-0.05, 0) is 72.7 Å². The minimum atomic E-state index is -3.96. The molecule has 0 saturated carbocycles. The largest absolute Gasteiger partial charge is 0.354 e. The fourth-order valence-corrected chi connectivity index (χ4v) is 5.89. The van der Waals surface area contributed by atoms with Gasteiger partial charge in [-0.3, -0.25) is 9.10 Å². The van der Waals surface area contributed by atoms with E-state index in [1.807, 2.05) is 43.3 Å². The summed E-state index contributed by atoms with van der Waals surface area (Å²) >= 11 is 13.6. The van der Waals surface area contributed by atoms with Gasteiger partial charge in [-0.1, -0.05) is 53.5 Å². The molecule has 0 aliphatic carbocycles. The SMILES string of the molecule is Cc1ccccc1N(CC(=O)NCCCSCc1ccc(Cl)cc1)S(=O)(=O)c1ccc(Cl)cc1. The number of halogens is 2. The Labute approximate surface area is 215 Å². The van der Waals surface area contributed by atoms with E-state index in [4.69, 9.17) is 23.2 Å². The van der Waals surface area contributed by atoms with Gasteiger partial charge in [0.2, 0.25) is 5.91 Å². The molecule has 1 N–H and O–H groups in total. The Kier molecular flexibility index (Phi) is 9.71. The summed E-state index contributed by atoms with van der Waals surface area (Å²) in [6.45, 7) is 1.97. The molecule has 0 aliphatic rings. The summed E-state index contributed by atoms with van der Waals surface area (Å²) in [5.41, 5.74) is 2.41. The number of anilines is 1. The molecule has 34 heavy (non-hydrogen) atoms. The molecule has 3 aromatic carbocycles. The molecule has 0 aliphatic heterocycles. The Morgan fingerprint density at radius 2 is 1.56 bits per heavy atom. The van der Waals surface area contributed by atoms with Crippen molar-refractivity contribution >= 4 is 56.6 Å². The number of benzene rings is 3. The van der Waals surface area contributed by atoms with Crippen LogP contribution in [-0.4, -0.2) is 33.2 Å². The number of para-hydroxylation sites is 1. The molecule has 0 fully saturated rings. The molecular weight excluding hydrogens is 511 g/mol. The van der Waals surface area contributed by atoms with Gasteiger partial charge in [-0.25, -0.2) is 8.42 Å². The summed E-state index contributed by atoms with van der Waals surface area (Å²) in [5, 5.41) is 4.00. The van der Waals surface area contributed by atoms with E-state index < -0.39 is 10.0 Å². The van der Waals surface area contributed by atoms with Crippen LogP contribution in [0.1, 0.15) is 17.5 Å². The predicted octanol–water partition coefficient (Wildman–Crippen LogP) is 5.94. The molecule has 0 aromatic heterocycles. The maximum absolute atomic E-state index is 13.4. The van der Waals surface area contributed by atoms with Gasteiger partial charge in [-0.15, -0.1) is 0 Å². The van der Waals surface area contributed by atoms with Crippen LogP contribution in [0.25, 0.3) is 0 Å². The summed E-state index contributed by atoms with van der Waals surface area (Å²) in [4.78, 5) is 12.8. The molecule has 5 nitrogen and oxygen atoms in total. The number of nitrogens with one attached hydrogen (secondary N) is 1. The normalized spacial score (nSPS) is 11.3. The molecular formula is C25H26Cl2N2O3S2. The van der Waals surface area contributed by atoms with Gasteiger partial charge < -0.3 is 5.32 Å². The summed E-state index contributed by atoms with van der Waals surface area (Å²) < 4.78 is 27.9. The van der Waals surface area contributed by atoms with E-state index in [1.165, 1.54) is 29.8 Å². The summed E-state index contributed by atoms with van der Waals surface area (Å²) in [6, 6.07) is 20.8. The minimum Gasteiger partial charge on any atom is -0.354 e. The molecule has 0 saturated heterocycles. The van der Waals surface area contributed by atoms with Gasteiger partial charge in [0.25, 0.3) is 10.0 Å². The summed E-state index contributed by atoms with van der Waals surface area (Å²) in [6.07, 6.45) is 0.776. The van der Waals surface area contributed by atoms with Crippen LogP contribution >= 0.6 is 35.0 Å². The fraction of sp³-hybridized carbons (Fsp3) is 0.240. The second kappa shape index (κ2) is 12.5. The first-order valence-electron chi connectivity index (χ1n) is 10.7. The summed E-state index contributed by atoms with van der Waals surface area (Å²) in [5.74, 6) is 1.38. The Bertz CT molecular complexity index is 1200. The van der Waals surface area contributed by atoms with E-state index in [-0.39, 0.29) is 17.3 Å². The number of nitrogens with zero attached hydrogens (tertiary/aromatic N) is 1. The first-order chi connectivity index (χ1) is 16.3. The Balaban J connectivity index is 1.59. The highest BCUT2D eigenvalue weighted by atomic mass is 35.5. The van der Waals surface area contributed by atoms with Crippen molar-refractivity contribution in [3.05, 3.63) is 94.0 Å². The van der Waals surface area contributed by atoms with Crippen molar-refractivity contribution in [2.75, 3.05) is 23.1 Å². The Morgan fingerprint density at radius 3 is 2.21 bits per heavy atom. The average molecular weight is 538 g/mol. The number of carbonyl (C=O) groups excluding carboxylic acids is 1. The van der Waals surface area contributed by atoms with Gasteiger partial charge >= 0.3 is 0 Å². The van der Waals surface area contributed by atoms with Crippen LogP contribution in [0.15, 0.2) is 77.7 Å². The quantitative estimate of drug-likeness (QED) is 0.308.